The van der Waals surface area contributed by atoms with Crippen LogP contribution in [0.25, 0.3) is 10.2 Å². The van der Waals surface area contributed by atoms with Crippen LogP contribution in [0, 0.1) is 0 Å². The first-order valence-electron chi connectivity index (χ1n) is 6.49. The molecule has 2 aromatic heterocycles. The van der Waals surface area contributed by atoms with E-state index in [4.69, 9.17) is 0 Å². The van der Waals surface area contributed by atoms with E-state index in [9.17, 15) is 4.79 Å². The Kier molecular flexibility index (Phi) is 3.75. The Balaban J connectivity index is 2.35. The summed E-state index contributed by atoms with van der Waals surface area (Å²) in [7, 11) is 0. The van der Waals surface area contributed by atoms with Crippen molar-refractivity contribution in [2.24, 2.45) is 4.99 Å². The van der Waals surface area contributed by atoms with Crippen molar-refractivity contribution in [3.8, 4) is 0 Å². The maximum absolute atomic E-state index is 12.6. The van der Waals surface area contributed by atoms with Gasteiger partial charge < -0.3 is 0 Å². The quantitative estimate of drug-likeness (QED) is 0.698. The highest BCUT2D eigenvalue weighted by Crippen LogP contribution is 2.11. The van der Waals surface area contributed by atoms with Crippen LogP contribution in [0.1, 0.15) is 0 Å². The molecule has 0 aliphatic heterocycles. The molecule has 1 aromatic carbocycles. The summed E-state index contributed by atoms with van der Waals surface area (Å²) in [5.41, 5.74) is 0.715. The molecule has 3 aromatic rings. The Morgan fingerprint density at radius 2 is 2.05 bits per heavy atom. The van der Waals surface area contributed by atoms with Gasteiger partial charge in [-0.3, -0.25) is 9.36 Å². The number of aromatic nitrogens is 2. The number of allylic oxidation sites excluding steroid dienone is 1. The summed E-state index contributed by atoms with van der Waals surface area (Å²) < 4.78 is 1.62. The van der Waals surface area contributed by atoms with Crippen LogP contribution in [0.5, 0.6) is 0 Å². The highest BCUT2D eigenvalue weighted by atomic mass is 32.1. The first-order chi connectivity index (χ1) is 10.3. The topological polar surface area (TPSA) is 47.2 Å². The molecular formula is C16H13N3OS. The van der Waals surface area contributed by atoms with E-state index in [1.54, 1.807) is 29.0 Å². The van der Waals surface area contributed by atoms with Crippen molar-refractivity contribution in [1.82, 2.24) is 9.55 Å². The molecule has 5 heteroatoms. The fourth-order valence-corrected chi connectivity index (χ4v) is 2.97. The van der Waals surface area contributed by atoms with Gasteiger partial charge in [0, 0.05) is 12.7 Å². The van der Waals surface area contributed by atoms with Gasteiger partial charge in [0.1, 0.15) is 4.83 Å². The van der Waals surface area contributed by atoms with Crippen LogP contribution in [-0.4, -0.2) is 9.55 Å². The number of hydrogen-bond acceptors (Lipinski definition) is 4. The molecular weight excluding hydrogens is 282 g/mol. The normalized spacial score (nSPS) is 11.7. The molecule has 0 unspecified atom stereocenters. The van der Waals surface area contributed by atoms with Crippen molar-refractivity contribution in [3.63, 3.8) is 0 Å². The van der Waals surface area contributed by atoms with Gasteiger partial charge in [0.15, 0.2) is 4.80 Å². The van der Waals surface area contributed by atoms with E-state index < -0.39 is 0 Å². The number of para-hydroxylation sites is 1. The summed E-state index contributed by atoms with van der Waals surface area (Å²) in [6.07, 6.45) is 3.38. The van der Waals surface area contributed by atoms with E-state index >= 15 is 0 Å². The third-order valence-corrected chi connectivity index (χ3v) is 3.97. The van der Waals surface area contributed by atoms with Gasteiger partial charge in [-0.2, -0.15) is 0 Å². The number of rotatable bonds is 3. The zero-order chi connectivity index (χ0) is 14.7. The van der Waals surface area contributed by atoms with E-state index in [0.29, 0.717) is 21.6 Å². The molecule has 3 rings (SSSR count). The standard InChI is InChI=1S/C16H13N3OS/c1-2-11-19-15(20)13-9-6-10-17-14(13)21-16(19)18-12-7-4-3-5-8-12/h2-10H,1,11H2. The molecule has 0 spiro atoms. The van der Waals surface area contributed by atoms with E-state index in [1.165, 1.54) is 11.3 Å². The average molecular weight is 295 g/mol. The SMILES string of the molecule is C=CCn1c(=Nc2ccccc2)sc2ncccc2c1=O. The molecule has 21 heavy (non-hydrogen) atoms. The van der Waals surface area contributed by atoms with Crippen LogP contribution in [0.15, 0.2) is 71.1 Å². The highest BCUT2D eigenvalue weighted by Gasteiger charge is 2.06. The summed E-state index contributed by atoms with van der Waals surface area (Å²) in [5, 5.41) is 0.608. The van der Waals surface area contributed by atoms with E-state index in [0.717, 1.165) is 5.69 Å². The van der Waals surface area contributed by atoms with Crippen LogP contribution in [0.3, 0.4) is 0 Å². The fourth-order valence-electron chi connectivity index (χ4n) is 1.99. The lowest BCUT2D eigenvalue weighted by atomic mass is 10.3. The lowest BCUT2D eigenvalue weighted by molar-refractivity contribution is 0.758. The minimum atomic E-state index is -0.0913. The summed E-state index contributed by atoms with van der Waals surface area (Å²) in [6, 6.07) is 13.1. The molecule has 0 radical (unpaired) electrons. The fraction of sp³-hybridized carbons (Fsp3) is 0.0625. The van der Waals surface area contributed by atoms with Crippen LogP contribution < -0.4 is 10.4 Å². The van der Waals surface area contributed by atoms with Crippen LogP contribution in [-0.2, 0) is 6.54 Å². The van der Waals surface area contributed by atoms with Crippen molar-refractivity contribution in [2.75, 3.05) is 0 Å². The molecule has 4 nitrogen and oxygen atoms in total. The second-order valence-corrected chi connectivity index (χ2v) is 5.35. The smallest absolute Gasteiger partial charge is 0.263 e. The van der Waals surface area contributed by atoms with Crippen molar-refractivity contribution in [1.29, 1.82) is 0 Å². The van der Waals surface area contributed by atoms with Crippen molar-refractivity contribution in [3.05, 3.63) is 76.5 Å². The summed E-state index contributed by atoms with van der Waals surface area (Å²) >= 11 is 1.40. The molecule has 0 bridgehead atoms. The Hall–Kier alpha value is -2.53. The van der Waals surface area contributed by atoms with Crippen LogP contribution in [0.2, 0.25) is 0 Å². The molecule has 0 saturated heterocycles. The Bertz CT molecular complexity index is 910. The van der Waals surface area contributed by atoms with Crippen LogP contribution >= 0.6 is 11.3 Å². The lowest BCUT2D eigenvalue weighted by Gasteiger charge is -2.04. The van der Waals surface area contributed by atoms with Crippen LogP contribution in [0.4, 0.5) is 5.69 Å². The van der Waals surface area contributed by atoms with Crippen molar-refractivity contribution < 1.29 is 0 Å². The average Bonchev–Trinajstić information content (AvgIpc) is 2.52. The highest BCUT2D eigenvalue weighted by molar-refractivity contribution is 7.15. The molecule has 0 aliphatic rings. The maximum atomic E-state index is 12.6. The molecule has 2 heterocycles. The largest absolute Gasteiger partial charge is 0.280 e. The third-order valence-electron chi connectivity index (χ3n) is 2.96. The Labute approximate surface area is 125 Å². The molecule has 0 aliphatic carbocycles. The van der Waals surface area contributed by atoms with Gasteiger partial charge in [0.05, 0.1) is 11.1 Å². The minimum Gasteiger partial charge on any atom is -0.280 e. The zero-order valence-electron chi connectivity index (χ0n) is 11.3. The van der Waals surface area contributed by atoms with Gasteiger partial charge in [-0.15, -0.1) is 6.58 Å². The number of fused-ring (bicyclic) bond motifs is 1. The molecule has 0 N–H and O–H groups in total. The Morgan fingerprint density at radius 3 is 2.81 bits per heavy atom. The zero-order valence-corrected chi connectivity index (χ0v) is 12.1. The van der Waals surface area contributed by atoms with Gasteiger partial charge in [0.2, 0.25) is 0 Å². The van der Waals surface area contributed by atoms with Crippen molar-refractivity contribution >= 4 is 27.2 Å². The maximum Gasteiger partial charge on any atom is 0.263 e. The summed E-state index contributed by atoms with van der Waals surface area (Å²) in [6.45, 7) is 4.14. The van der Waals surface area contributed by atoms with E-state index in [2.05, 4.69) is 16.6 Å². The van der Waals surface area contributed by atoms with Gasteiger partial charge in [-0.25, -0.2) is 9.98 Å². The summed E-state index contributed by atoms with van der Waals surface area (Å²) in [4.78, 5) is 22.7. The predicted molar refractivity (Wildman–Crippen MR) is 85.7 cm³/mol. The van der Waals surface area contributed by atoms with Gasteiger partial charge in [0.25, 0.3) is 5.56 Å². The number of pyridine rings is 1. The predicted octanol–water partition coefficient (Wildman–Crippen LogP) is 2.88. The van der Waals surface area contributed by atoms with E-state index in [1.807, 2.05) is 30.3 Å². The molecule has 0 saturated carbocycles. The first kappa shape index (κ1) is 13.5. The molecule has 0 fully saturated rings. The number of benzene rings is 1. The molecule has 0 atom stereocenters. The summed E-state index contributed by atoms with van der Waals surface area (Å²) in [5.74, 6) is 0. The first-order valence-corrected chi connectivity index (χ1v) is 7.30. The van der Waals surface area contributed by atoms with Gasteiger partial charge in [-0.1, -0.05) is 35.6 Å². The van der Waals surface area contributed by atoms with Crippen molar-refractivity contribution in [2.45, 2.75) is 6.54 Å². The van der Waals surface area contributed by atoms with Gasteiger partial charge in [-0.05, 0) is 24.3 Å². The second-order valence-electron chi connectivity index (χ2n) is 4.39. The Morgan fingerprint density at radius 1 is 1.24 bits per heavy atom. The van der Waals surface area contributed by atoms with E-state index in [-0.39, 0.29) is 5.56 Å². The lowest BCUT2D eigenvalue weighted by Crippen LogP contribution is -2.31. The third kappa shape index (κ3) is 2.68. The second kappa shape index (κ2) is 5.85. The molecule has 104 valence electrons. The number of nitrogens with zero attached hydrogens (tertiary/aromatic N) is 3. The molecule has 0 amide bonds. The minimum absolute atomic E-state index is 0.0913. The van der Waals surface area contributed by atoms with Gasteiger partial charge >= 0.3 is 0 Å². The number of hydrogen-bond donors (Lipinski definition) is 0. The monoisotopic (exact) mass is 295 g/mol.